The van der Waals surface area contributed by atoms with Gasteiger partial charge < -0.3 is 42.6 Å². The van der Waals surface area contributed by atoms with E-state index in [4.69, 9.17) is 47.6 Å². The molecule has 0 radical (unpaired) electrons. The number of benzene rings is 5. The van der Waals surface area contributed by atoms with Crippen LogP contribution in [0.15, 0.2) is 144 Å². The fraction of sp³-hybridized carbons (Fsp3) is 0.451. The minimum Gasteiger partial charge on any atom is -0.494 e. The lowest BCUT2D eigenvalue weighted by atomic mass is 9.82. The minimum absolute atomic E-state index is 0.212. The SMILES string of the molecule is C=CC(=O)OCCCCCCOc1ccc(OCC2CCC(C(=O)Oc3ccc4c(c3)nc(Sc3ccc(OCCCCCC)cc3)c3cc(OC(=O)C5CCC(COc6ccc(OCCCCCCOC(=O)C=C)cc6)CC5)ccc34)CC2)cc1. The van der Waals surface area contributed by atoms with E-state index in [1.807, 2.05) is 109 Å². The molecule has 86 heavy (non-hydrogen) atoms. The predicted octanol–water partition coefficient (Wildman–Crippen LogP) is 16.4. The van der Waals surface area contributed by atoms with Gasteiger partial charge in [0.1, 0.15) is 45.3 Å². The largest absolute Gasteiger partial charge is 0.494 e. The van der Waals surface area contributed by atoms with Gasteiger partial charge in [0.25, 0.3) is 0 Å². The number of hydrogen-bond donors (Lipinski definition) is 0. The van der Waals surface area contributed by atoms with Crippen molar-refractivity contribution in [1.29, 1.82) is 0 Å². The number of carbonyl (C=O) groups excluding carboxylic acids is 4. The Morgan fingerprint density at radius 2 is 0.826 bits per heavy atom. The molecular formula is C71H85NO13S. The van der Waals surface area contributed by atoms with Crippen LogP contribution in [0.2, 0.25) is 0 Å². The predicted molar refractivity (Wildman–Crippen MR) is 336 cm³/mol. The summed E-state index contributed by atoms with van der Waals surface area (Å²) in [5.74, 6) is 3.90. The van der Waals surface area contributed by atoms with Crippen LogP contribution >= 0.6 is 11.8 Å². The zero-order valence-corrected chi connectivity index (χ0v) is 50.8. The average molecular weight is 1190 g/mol. The molecule has 0 saturated heterocycles. The van der Waals surface area contributed by atoms with Crippen molar-refractivity contribution in [3.63, 3.8) is 0 Å². The second kappa shape index (κ2) is 35.2. The summed E-state index contributed by atoms with van der Waals surface area (Å²) >= 11 is 1.52. The first kappa shape index (κ1) is 64.5. The number of esters is 4. The van der Waals surface area contributed by atoms with Gasteiger partial charge in [-0.15, -0.1) is 0 Å². The molecule has 8 rings (SSSR count). The quantitative estimate of drug-likeness (QED) is 0.0120. The molecule has 0 bridgehead atoms. The Bertz CT molecular complexity index is 3090. The Morgan fingerprint density at radius 3 is 1.27 bits per heavy atom. The van der Waals surface area contributed by atoms with Crippen molar-refractivity contribution < 1.29 is 61.8 Å². The summed E-state index contributed by atoms with van der Waals surface area (Å²) in [7, 11) is 0. The van der Waals surface area contributed by atoms with Crippen molar-refractivity contribution >= 4 is 57.3 Å². The van der Waals surface area contributed by atoms with Gasteiger partial charge in [-0.05, 0) is 230 Å². The third-order valence-electron chi connectivity index (χ3n) is 15.9. The lowest BCUT2D eigenvalue weighted by Gasteiger charge is -2.27. The highest BCUT2D eigenvalue weighted by Crippen LogP contribution is 2.40. The molecule has 2 fully saturated rings. The number of unbranched alkanes of at least 4 members (excludes halogenated alkanes) is 9. The third-order valence-corrected chi connectivity index (χ3v) is 16.9. The number of aromatic nitrogens is 1. The molecule has 0 aliphatic heterocycles. The molecule has 0 unspecified atom stereocenters. The Balaban J connectivity index is 0.814. The fourth-order valence-electron chi connectivity index (χ4n) is 10.8. The van der Waals surface area contributed by atoms with E-state index in [1.54, 1.807) is 0 Å². The van der Waals surface area contributed by atoms with E-state index in [2.05, 4.69) is 20.1 Å². The van der Waals surface area contributed by atoms with Gasteiger partial charge in [-0.3, -0.25) is 9.59 Å². The molecule has 2 saturated carbocycles. The first-order valence-electron chi connectivity index (χ1n) is 31.1. The highest BCUT2D eigenvalue weighted by Gasteiger charge is 2.30. The summed E-state index contributed by atoms with van der Waals surface area (Å²) < 4.78 is 52.5. The summed E-state index contributed by atoms with van der Waals surface area (Å²) in [5.41, 5.74) is 0.688. The van der Waals surface area contributed by atoms with Gasteiger partial charge in [0.2, 0.25) is 0 Å². The van der Waals surface area contributed by atoms with Crippen LogP contribution in [-0.4, -0.2) is 75.1 Å². The third kappa shape index (κ3) is 21.2. The van der Waals surface area contributed by atoms with Crippen molar-refractivity contribution in [3.8, 4) is 40.2 Å². The van der Waals surface area contributed by atoms with E-state index in [0.29, 0.717) is 75.1 Å². The number of rotatable bonds is 36. The Hall–Kier alpha value is -7.52. The average Bonchev–Trinajstić information content (AvgIpc) is 1.13. The van der Waals surface area contributed by atoms with Crippen LogP contribution in [0, 0.1) is 23.7 Å². The molecule has 5 aromatic carbocycles. The van der Waals surface area contributed by atoms with E-state index in [0.717, 1.165) is 170 Å². The summed E-state index contributed by atoms with van der Waals surface area (Å²) in [6, 6.07) is 34.9. The van der Waals surface area contributed by atoms with Crippen LogP contribution in [0.25, 0.3) is 21.7 Å². The summed E-state index contributed by atoms with van der Waals surface area (Å²) in [6.07, 6.45) is 20.6. The number of pyridine rings is 1. The summed E-state index contributed by atoms with van der Waals surface area (Å²) in [6.45, 7) is 12.9. The lowest BCUT2D eigenvalue weighted by molar-refractivity contribution is -0.141. The molecule has 1 aromatic heterocycles. The van der Waals surface area contributed by atoms with E-state index >= 15 is 0 Å². The molecule has 15 heteroatoms. The normalized spacial score (nSPS) is 16.6. The fourth-order valence-corrected chi connectivity index (χ4v) is 11.7. The maximum Gasteiger partial charge on any atom is 0.330 e. The minimum atomic E-state index is -0.384. The van der Waals surface area contributed by atoms with Gasteiger partial charge in [-0.25, -0.2) is 14.6 Å². The van der Waals surface area contributed by atoms with Crippen LogP contribution in [0.1, 0.15) is 135 Å². The molecule has 0 amide bonds. The van der Waals surface area contributed by atoms with Gasteiger partial charge >= 0.3 is 23.9 Å². The molecule has 1 heterocycles. The Labute approximate surface area is 511 Å². The number of carbonyl (C=O) groups is 4. The molecule has 0 atom stereocenters. The highest BCUT2D eigenvalue weighted by molar-refractivity contribution is 7.99. The lowest BCUT2D eigenvalue weighted by Crippen LogP contribution is -2.27. The standard InChI is InChI=1S/C71H85NO13S/c1-4-7-8-13-42-79-57-34-38-62(39-35-57)86-69-65-47-60(84-70(75)53-22-18-51(19-23-53)49-82-58-30-26-55(27-31-58)77-43-14-9-11-16-45-80-67(73)5-2)36-40-63(65)64-41-37-61(48-66(64)72-69)85-71(76)54-24-20-52(21-25-54)50-83-59-32-28-56(29-33-59)78-44-15-10-12-17-46-81-68(74)6-3/h5-6,26-41,47-48,51-54H,2-4,7-25,42-46,49-50H2,1H3. The first-order chi connectivity index (χ1) is 42.1. The Morgan fingerprint density at radius 1 is 0.442 bits per heavy atom. The maximum absolute atomic E-state index is 13.8. The smallest absolute Gasteiger partial charge is 0.330 e. The molecule has 0 spiro atoms. The first-order valence-corrected chi connectivity index (χ1v) is 32.0. The molecule has 2 aliphatic carbocycles. The van der Waals surface area contributed by atoms with Gasteiger partial charge in [0.05, 0.1) is 63.6 Å². The van der Waals surface area contributed by atoms with Crippen LogP contribution < -0.4 is 33.2 Å². The van der Waals surface area contributed by atoms with Crippen molar-refractivity contribution in [2.24, 2.45) is 23.7 Å². The molecule has 14 nitrogen and oxygen atoms in total. The van der Waals surface area contributed by atoms with Crippen molar-refractivity contribution in [2.45, 2.75) is 145 Å². The summed E-state index contributed by atoms with van der Waals surface area (Å²) in [5, 5.41) is 3.41. The molecule has 2 aliphatic rings. The van der Waals surface area contributed by atoms with Gasteiger partial charge in [0.15, 0.2) is 0 Å². The molecular weight excluding hydrogens is 1110 g/mol. The number of fused-ring (bicyclic) bond motifs is 3. The van der Waals surface area contributed by atoms with Crippen molar-refractivity contribution in [3.05, 3.63) is 135 Å². The van der Waals surface area contributed by atoms with Gasteiger partial charge in [0, 0.05) is 33.9 Å². The second-order valence-electron chi connectivity index (χ2n) is 22.4. The molecule has 0 N–H and O–H groups in total. The topological polar surface area (TPSA) is 164 Å². The van der Waals surface area contributed by atoms with E-state index in [1.165, 1.54) is 36.8 Å². The van der Waals surface area contributed by atoms with Crippen LogP contribution in [0.4, 0.5) is 0 Å². The van der Waals surface area contributed by atoms with E-state index in [9.17, 15) is 19.2 Å². The maximum atomic E-state index is 13.8. The summed E-state index contributed by atoms with van der Waals surface area (Å²) in [4.78, 5) is 56.0. The highest BCUT2D eigenvalue weighted by atomic mass is 32.2. The van der Waals surface area contributed by atoms with Crippen LogP contribution in [-0.2, 0) is 28.7 Å². The number of ether oxygens (including phenoxy) is 9. The van der Waals surface area contributed by atoms with Crippen molar-refractivity contribution in [1.82, 2.24) is 4.98 Å². The van der Waals surface area contributed by atoms with Crippen molar-refractivity contribution in [2.75, 3.05) is 46.2 Å². The zero-order valence-electron chi connectivity index (χ0n) is 50.0. The second-order valence-corrected chi connectivity index (χ2v) is 23.5. The van der Waals surface area contributed by atoms with Crippen LogP contribution in [0.5, 0.6) is 40.2 Å². The monoisotopic (exact) mass is 1190 g/mol. The zero-order chi connectivity index (χ0) is 60.1. The molecule has 458 valence electrons. The van der Waals surface area contributed by atoms with Gasteiger partial charge in [-0.2, -0.15) is 0 Å². The van der Waals surface area contributed by atoms with Crippen LogP contribution in [0.3, 0.4) is 0 Å². The number of nitrogens with zero attached hydrogens (tertiary/aromatic N) is 1. The number of hydrogen-bond acceptors (Lipinski definition) is 15. The van der Waals surface area contributed by atoms with Gasteiger partial charge in [-0.1, -0.05) is 51.1 Å². The molecule has 6 aromatic rings. The Kier molecular flexibility index (Phi) is 26.4. The van der Waals surface area contributed by atoms with E-state index < -0.39 is 0 Å². The van der Waals surface area contributed by atoms with E-state index in [-0.39, 0.29) is 35.7 Å².